The average Bonchev–Trinajstić information content (AvgIpc) is 3.46. The lowest BCUT2D eigenvalue weighted by atomic mass is 9.93. The highest BCUT2D eigenvalue weighted by molar-refractivity contribution is 5.88. The molecule has 1 aromatic carbocycles. The first kappa shape index (κ1) is 17.7. The molecule has 2 saturated carbocycles. The second-order valence-electron chi connectivity index (χ2n) is 8.48. The number of aromatic nitrogens is 3. The number of anilines is 1. The summed E-state index contributed by atoms with van der Waals surface area (Å²) in [6.45, 7) is 4.20. The molecule has 7 heteroatoms. The zero-order chi connectivity index (χ0) is 18.9. The smallest absolute Gasteiger partial charge is 0.322 e. The lowest BCUT2D eigenvalue weighted by Gasteiger charge is -2.40. The molecule has 1 aromatic heterocycles. The molecule has 7 nitrogen and oxygen atoms in total. The summed E-state index contributed by atoms with van der Waals surface area (Å²) in [5.74, 6) is 2.39. The van der Waals surface area contributed by atoms with E-state index in [0.29, 0.717) is 12.4 Å². The first-order valence-corrected chi connectivity index (χ1v) is 10.5. The highest BCUT2D eigenvalue weighted by Gasteiger charge is 2.42. The predicted octanol–water partition coefficient (Wildman–Crippen LogP) is 2.66. The van der Waals surface area contributed by atoms with Gasteiger partial charge in [-0.05, 0) is 36.7 Å². The van der Waals surface area contributed by atoms with Crippen LogP contribution < -0.4 is 5.32 Å². The maximum absolute atomic E-state index is 12.6. The predicted molar refractivity (Wildman–Crippen MR) is 107 cm³/mol. The van der Waals surface area contributed by atoms with Crippen LogP contribution in [0, 0.1) is 11.8 Å². The highest BCUT2D eigenvalue weighted by Crippen LogP contribution is 2.46. The van der Waals surface area contributed by atoms with Crippen molar-refractivity contribution in [3.8, 4) is 0 Å². The summed E-state index contributed by atoms with van der Waals surface area (Å²) >= 11 is 0. The Morgan fingerprint density at radius 2 is 1.89 bits per heavy atom. The van der Waals surface area contributed by atoms with E-state index in [4.69, 9.17) is 0 Å². The van der Waals surface area contributed by atoms with Crippen LogP contribution in [-0.2, 0) is 6.54 Å². The molecule has 1 aliphatic heterocycles. The van der Waals surface area contributed by atoms with Gasteiger partial charge in [0.05, 0.1) is 12.7 Å². The Morgan fingerprint density at radius 1 is 1.07 bits per heavy atom. The van der Waals surface area contributed by atoms with E-state index in [2.05, 4.69) is 32.7 Å². The Kier molecular flexibility index (Phi) is 4.76. The second-order valence-corrected chi connectivity index (χ2v) is 8.48. The summed E-state index contributed by atoms with van der Waals surface area (Å²) in [6.07, 6.45) is 7.45. The van der Waals surface area contributed by atoms with E-state index >= 15 is 0 Å². The number of carbonyl (C=O) groups is 1. The number of carbonyl (C=O) groups excluding carboxylic acids is 1. The van der Waals surface area contributed by atoms with Crippen LogP contribution in [-0.4, -0.2) is 63.0 Å². The SMILES string of the molecule is O=C(Nc1cn(Cc2ccccc2)nn1)N1CCN([C@@H]2C[C@@H]3CC[C@H]2C3)CC1. The minimum absolute atomic E-state index is 0.0700. The van der Waals surface area contributed by atoms with Gasteiger partial charge in [-0.3, -0.25) is 10.2 Å². The third-order valence-corrected chi connectivity index (χ3v) is 6.73. The van der Waals surface area contributed by atoms with Gasteiger partial charge >= 0.3 is 6.03 Å². The average molecular weight is 380 g/mol. The number of rotatable bonds is 4. The molecule has 148 valence electrons. The van der Waals surface area contributed by atoms with Gasteiger partial charge in [0.1, 0.15) is 0 Å². The quantitative estimate of drug-likeness (QED) is 0.886. The number of urea groups is 1. The summed E-state index contributed by atoms with van der Waals surface area (Å²) in [4.78, 5) is 17.1. The minimum Gasteiger partial charge on any atom is -0.322 e. The third-order valence-electron chi connectivity index (χ3n) is 6.73. The monoisotopic (exact) mass is 380 g/mol. The van der Waals surface area contributed by atoms with Gasteiger partial charge in [-0.15, -0.1) is 5.10 Å². The third kappa shape index (κ3) is 3.63. The summed E-state index contributed by atoms with van der Waals surface area (Å²) in [7, 11) is 0. The molecule has 0 radical (unpaired) electrons. The number of nitrogens with zero attached hydrogens (tertiary/aromatic N) is 5. The van der Waals surface area contributed by atoms with Gasteiger partial charge < -0.3 is 4.90 Å². The molecule has 3 fully saturated rings. The summed E-state index contributed by atoms with van der Waals surface area (Å²) in [5.41, 5.74) is 1.15. The van der Waals surface area contributed by atoms with Crippen LogP contribution >= 0.6 is 0 Å². The Morgan fingerprint density at radius 3 is 2.61 bits per heavy atom. The molecule has 3 atom stereocenters. The molecule has 2 aromatic rings. The first-order valence-electron chi connectivity index (χ1n) is 10.5. The molecule has 0 spiro atoms. The van der Waals surface area contributed by atoms with Crippen LogP contribution in [0.15, 0.2) is 36.5 Å². The van der Waals surface area contributed by atoms with Crippen LogP contribution in [0.25, 0.3) is 0 Å². The number of amides is 2. The van der Waals surface area contributed by atoms with Crippen molar-refractivity contribution in [3.63, 3.8) is 0 Å². The number of hydrogen-bond donors (Lipinski definition) is 1. The molecule has 2 aliphatic carbocycles. The van der Waals surface area contributed by atoms with E-state index < -0.39 is 0 Å². The molecule has 3 aliphatic rings. The fourth-order valence-electron chi connectivity index (χ4n) is 5.31. The van der Waals surface area contributed by atoms with Crippen LogP contribution in [0.5, 0.6) is 0 Å². The van der Waals surface area contributed by atoms with Crippen molar-refractivity contribution in [2.24, 2.45) is 11.8 Å². The number of piperazine rings is 1. The van der Waals surface area contributed by atoms with Crippen molar-refractivity contribution < 1.29 is 4.79 Å². The van der Waals surface area contributed by atoms with Gasteiger partial charge in [0.15, 0.2) is 5.82 Å². The van der Waals surface area contributed by atoms with Gasteiger partial charge in [-0.25, -0.2) is 9.48 Å². The van der Waals surface area contributed by atoms with Crippen LogP contribution in [0.2, 0.25) is 0 Å². The summed E-state index contributed by atoms with van der Waals surface area (Å²) in [5, 5.41) is 11.1. The van der Waals surface area contributed by atoms with E-state index in [0.717, 1.165) is 49.6 Å². The largest absolute Gasteiger partial charge is 0.323 e. The van der Waals surface area contributed by atoms with Crippen molar-refractivity contribution in [1.29, 1.82) is 0 Å². The van der Waals surface area contributed by atoms with Gasteiger partial charge in [0, 0.05) is 32.2 Å². The van der Waals surface area contributed by atoms with Gasteiger partial charge in [-0.1, -0.05) is 42.0 Å². The summed E-state index contributed by atoms with van der Waals surface area (Å²) < 4.78 is 1.75. The Balaban J connectivity index is 1.12. The van der Waals surface area contributed by atoms with Crippen molar-refractivity contribution in [2.45, 2.75) is 38.3 Å². The normalized spacial score (nSPS) is 27.3. The number of nitrogens with one attached hydrogen (secondary N) is 1. The zero-order valence-electron chi connectivity index (χ0n) is 16.2. The van der Waals surface area contributed by atoms with Crippen molar-refractivity contribution in [2.75, 3.05) is 31.5 Å². The summed E-state index contributed by atoms with van der Waals surface area (Å²) in [6, 6.07) is 10.8. The minimum atomic E-state index is -0.0700. The molecule has 2 amide bonds. The topological polar surface area (TPSA) is 66.3 Å². The number of benzene rings is 1. The maximum atomic E-state index is 12.6. The Hall–Kier alpha value is -2.41. The molecule has 28 heavy (non-hydrogen) atoms. The van der Waals surface area contributed by atoms with Gasteiger partial charge in [0.25, 0.3) is 0 Å². The molecule has 1 saturated heterocycles. The van der Waals surface area contributed by atoms with E-state index in [1.165, 1.54) is 25.7 Å². The zero-order valence-corrected chi connectivity index (χ0v) is 16.2. The van der Waals surface area contributed by atoms with Crippen LogP contribution in [0.1, 0.15) is 31.2 Å². The van der Waals surface area contributed by atoms with Crippen LogP contribution in [0.4, 0.5) is 10.6 Å². The highest BCUT2D eigenvalue weighted by atomic mass is 16.2. The number of hydrogen-bond acceptors (Lipinski definition) is 4. The lowest BCUT2D eigenvalue weighted by molar-refractivity contribution is 0.0859. The fourth-order valence-corrected chi connectivity index (χ4v) is 5.31. The standard InChI is InChI=1S/C21H28N6O/c28-21(22-20-15-27(24-23-20)14-16-4-2-1-3-5-16)26-10-8-25(9-11-26)19-13-17-6-7-18(19)12-17/h1-5,15,17-19H,6-14H2,(H,22,28)/t17-,18+,19-/m1/s1. The maximum Gasteiger partial charge on any atom is 0.323 e. The molecule has 0 unspecified atom stereocenters. The van der Waals surface area contributed by atoms with Crippen molar-refractivity contribution >= 4 is 11.8 Å². The van der Waals surface area contributed by atoms with E-state index in [1.54, 1.807) is 10.9 Å². The lowest BCUT2D eigenvalue weighted by Crippen LogP contribution is -2.54. The van der Waals surface area contributed by atoms with Gasteiger partial charge in [0.2, 0.25) is 0 Å². The van der Waals surface area contributed by atoms with E-state index in [9.17, 15) is 4.79 Å². The second kappa shape index (κ2) is 7.54. The van der Waals surface area contributed by atoms with Crippen LogP contribution in [0.3, 0.4) is 0 Å². The Labute approximate surface area is 165 Å². The Bertz CT molecular complexity index is 813. The van der Waals surface area contributed by atoms with E-state index in [-0.39, 0.29) is 6.03 Å². The number of fused-ring (bicyclic) bond motifs is 2. The molecule has 5 rings (SSSR count). The van der Waals surface area contributed by atoms with E-state index in [1.807, 2.05) is 23.1 Å². The molecular weight excluding hydrogens is 352 g/mol. The molecule has 2 heterocycles. The molecule has 1 N–H and O–H groups in total. The first-order chi connectivity index (χ1) is 13.7. The fraction of sp³-hybridized carbons (Fsp3) is 0.571. The van der Waals surface area contributed by atoms with Crippen molar-refractivity contribution in [1.82, 2.24) is 24.8 Å². The van der Waals surface area contributed by atoms with Gasteiger partial charge in [-0.2, -0.15) is 0 Å². The molecular formula is C21H28N6O. The molecule has 2 bridgehead atoms. The van der Waals surface area contributed by atoms with Crippen molar-refractivity contribution in [3.05, 3.63) is 42.1 Å².